The van der Waals surface area contributed by atoms with E-state index in [0.29, 0.717) is 6.61 Å². The van der Waals surface area contributed by atoms with E-state index in [9.17, 15) is 9.90 Å². The van der Waals surface area contributed by atoms with Gasteiger partial charge in [-0.15, -0.1) is 0 Å². The van der Waals surface area contributed by atoms with Gasteiger partial charge < -0.3 is 19.9 Å². The van der Waals surface area contributed by atoms with Crippen LogP contribution >= 0.6 is 0 Å². The zero-order chi connectivity index (χ0) is 17.6. The highest BCUT2D eigenvalue weighted by molar-refractivity contribution is 5.83. The number of aliphatic hydroxyl groups is 1. The summed E-state index contributed by atoms with van der Waals surface area (Å²) in [7, 11) is 0. The molecule has 0 bridgehead atoms. The van der Waals surface area contributed by atoms with Crippen molar-refractivity contribution in [2.45, 2.75) is 38.1 Å². The van der Waals surface area contributed by atoms with Crippen LogP contribution < -0.4 is 5.32 Å². The number of hydrogen-bond acceptors (Lipinski definition) is 4. The normalized spacial score (nSPS) is 19.7. The molecule has 0 spiro atoms. The molecule has 1 amide bonds. The van der Waals surface area contributed by atoms with E-state index in [2.05, 4.69) is 5.32 Å². The smallest absolute Gasteiger partial charge is 0.248 e. The molecule has 1 aliphatic heterocycles. The summed E-state index contributed by atoms with van der Waals surface area (Å²) in [5.74, 6) is -0.224. The maximum Gasteiger partial charge on any atom is 0.248 e. The Bertz CT molecular complexity index is 712. The van der Waals surface area contributed by atoms with Crippen molar-refractivity contribution in [2.24, 2.45) is 0 Å². The number of ether oxygens (including phenoxy) is 2. The maximum atomic E-state index is 12.1. The minimum atomic E-state index is -0.751. The van der Waals surface area contributed by atoms with Gasteiger partial charge in [0.25, 0.3) is 0 Å². The fourth-order valence-corrected chi connectivity index (χ4v) is 2.98. The third-order valence-electron chi connectivity index (χ3n) is 4.55. The molecule has 3 rings (SSSR count). The minimum absolute atomic E-state index is 0.0958. The Morgan fingerprint density at radius 1 is 1.32 bits per heavy atom. The fraction of sp³-hybridized carbons (Fsp3) is 0.450. The van der Waals surface area contributed by atoms with Crippen LogP contribution in [0.15, 0.2) is 42.5 Å². The van der Waals surface area contributed by atoms with Crippen LogP contribution in [0.1, 0.15) is 31.4 Å². The monoisotopic (exact) mass is 343 g/mol. The third-order valence-corrected chi connectivity index (χ3v) is 4.55. The predicted octanol–water partition coefficient (Wildman–Crippen LogP) is 2.57. The van der Waals surface area contributed by atoms with E-state index in [1.54, 1.807) is 6.92 Å². The highest BCUT2D eigenvalue weighted by atomic mass is 16.5. The van der Waals surface area contributed by atoms with Crippen molar-refractivity contribution in [3.8, 4) is 0 Å². The van der Waals surface area contributed by atoms with Crippen molar-refractivity contribution in [2.75, 3.05) is 19.8 Å². The first kappa shape index (κ1) is 17.9. The lowest BCUT2D eigenvalue weighted by molar-refractivity contribution is -0.134. The van der Waals surface area contributed by atoms with Crippen LogP contribution in [0.2, 0.25) is 0 Å². The topological polar surface area (TPSA) is 67.8 Å². The Labute approximate surface area is 147 Å². The van der Waals surface area contributed by atoms with Gasteiger partial charge in [0.15, 0.2) is 0 Å². The van der Waals surface area contributed by atoms with E-state index in [4.69, 9.17) is 9.47 Å². The first-order valence-corrected chi connectivity index (χ1v) is 8.81. The van der Waals surface area contributed by atoms with Gasteiger partial charge >= 0.3 is 0 Å². The van der Waals surface area contributed by atoms with Gasteiger partial charge in [0.1, 0.15) is 6.10 Å². The first-order chi connectivity index (χ1) is 12.1. The van der Waals surface area contributed by atoms with Crippen LogP contribution in [0.5, 0.6) is 0 Å². The van der Waals surface area contributed by atoms with Gasteiger partial charge in [-0.2, -0.15) is 0 Å². The van der Waals surface area contributed by atoms with Crippen LogP contribution in [-0.4, -0.2) is 43.0 Å². The quantitative estimate of drug-likeness (QED) is 0.811. The fourth-order valence-electron chi connectivity index (χ4n) is 2.98. The molecular weight excluding hydrogens is 318 g/mol. The second kappa shape index (κ2) is 8.43. The molecule has 0 saturated carbocycles. The molecule has 0 aliphatic carbocycles. The van der Waals surface area contributed by atoms with E-state index in [-0.39, 0.29) is 18.6 Å². The minimum Gasteiger partial charge on any atom is -0.387 e. The average molecular weight is 343 g/mol. The summed E-state index contributed by atoms with van der Waals surface area (Å²) in [4.78, 5) is 12.1. The third kappa shape index (κ3) is 4.78. The molecule has 25 heavy (non-hydrogen) atoms. The van der Waals surface area contributed by atoms with Crippen molar-refractivity contribution in [3.05, 3.63) is 48.0 Å². The predicted molar refractivity (Wildman–Crippen MR) is 96.3 cm³/mol. The second-order valence-electron chi connectivity index (χ2n) is 6.48. The molecule has 0 radical (unpaired) electrons. The summed E-state index contributed by atoms with van der Waals surface area (Å²) in [5, 5.41) is 15.3. The van der Waals surface area contributed by atoms with Crippen LogP contribution in [0, 0.1) is 0 Å². The summed E-state index contributed by atoms with van der Waals surface area (Å²) in [6.07, 6.45) is 0.812. The first-order valence-electron chi connectivity index (χ1n) is 8.81. The van der Waals surface area contributed by atoms with Gasteiger partial charge in [-0.25, -0.2) is 0 Å². The molecule has 2 N–H and O–H groups in total. The number of carbonyl (C=O) groups excluding carboxylic acids is 1. The van der Waals surface area contributed by atoms with Gasteiger partial charge in [-0.3, -0.25) is 4.79 Å². The Kier molecular flexibility index (Phi) is 6.02. The van der Waals surface area contributed by atoms with Crippen LogP contribution in [-0.2, 0) is 14.3 Å². The number of rotatable bonds is 7. The molecule has 5 heteroatoms. The Balaban J connectivity index is 1.48. The summed E-state index contributed by atoms with van der Waals surface area (Å²) in [6.45, 7) is 3.08. The molecule has 1 saturated heterocycles. The zero-order valence-corrected chi connectivity index (χ0v) is 14.5. The number of hydrogen-bond donors (Lipinski definition) is 2. The largest absolute Gasteiger partial charge is 0.387 e. The van der Waals surface area contributed by atoms with Crippen LogP contribution in [0.4, 0.5) is 0 Å². The molecule has 1 fully saturated rings. The summed E-state index contributed by atoms with van der Waals surface area (Å²) >= 11 is 0. The van der Waals surface area contributed by atoms with Gasteiger partial charge in [-0.1, -0.05) is 36.4 Å². The molecule has 0 aromatic heterocycles. The Morgan fingerprint density at radius 3 is 2.88 bits per heavy atom. The Hall–Kier alpha value is -1.95. The van der Waals surface area contributed by atoms with Crippen molar-refractivity contribution in [3.63, 3.8) is 0 Å². The number of benzene rings is 2. The number of aliphatic hydroxyl groups excluding tert-OH is 1. The molecular formula is C20H25NO4. The number of amides is 1. The van der Waals surface area contributed by atoms with Gasteiger partial charge in [-0.05, 0) is 42.2 Å². The molecule has 2 aromatic carbocycles. The molecule has 0 unspecified atom stereocenters. The summed E-state index contributed by atoms with van der Waals surface area (Å²) in [5.41, 5.74) is 0.784. The van der Waals surface area contributed by atoms with E-state index < -0.39 is 12.2 Å². The van der Waals surface area contributed by atoms with Crippen LogP contribution in [0.25, 0.3) is 10.8 Å². The summed E-state index contributed by atoms with van der Waals surface area (Å²) < 4.78 is 11.0. The number of nitrogens with one attached hydrogen (secondary N) is 1. The summed E-state index contributed by atoms with van der Waals surface area (Å²) in [6, 6.07) is 13.8. The Morgan fingerprint density at radius 2 is 2.12 bits per heavy atom. The standard InChI is InChI=1S/C20H25NO4/c1-14(25-13-18-7-4-10-24-18)20(23)21-12-19(22)17-9-8-15-5-2-3-6-16(15)11-17/h2-3,5-6,8-9,11,14,18-19,22H,4,7,10,12-13H2,1H3,(H,21,23)/t14-,18+,19+/m0/s1. The van der Waals surface area contributed by atoms with E-state index in [0.717, 1.165) is 35.8 Å². The molecule has 2 aromatic rings. The maximum absolute atomic E-state index is 12.1. The lowest BCUT2D eigenvalue weighted by Gasteiger charge is -2.18. The van der Waals surface area contributed by atoms with Crippen molar-refractivity contribution >= 4 is 16.7 Å². The average Bonchev–Trinajstić information content (AvgIpc) is 3.17. The van der Waals surface area contributed by atoms with Crippen molar-refractivity contribution < 1.29 is 19.4 Å². The van der Waals surface area contributed by atoms with Gasteiger partial charge in [0.2, 0.25) is 5.91 Å². The van der Waals surface area contributed by atoms with Gasteiger partial charge in [0.05, 0.1) is 18.8 Å². The molecule has 5 nitrogen and oxygen atoms in total. The van der Waals surface area contributed by atoms with E-state index >= 15 is 0 Å². The molecule has 1 aliphatic rings. The van der Waals surface area contributed by atoms with E-state index in [1.807, 2.05) is 42.5 Å². The number of fused-ring (bicyclic) bond motifs is 1. The lowest BCUT2D eigenvalue weighted by atomic mass is 10.0. The van der Waals surface area contributed by atoms with Crippen molar-refractivity contribution in [1.29, 1.82) is 0 Å². The molecule has 134 valence electrons. The molecule has 1 heterocycles. The zero-order valence-electron chi connectivity index (χ0n) is 14.5. The van der Waals surface area contributed by atoms with Gasteiger partial charge in [0, 0.05) is 13.2 Å². The SMILES string of the molecule is C[C@H](OC[C@H]1CCCO1)C(=O)NC[C@@H](O)c1ccc2ccccc2c1. The molecule has 3 atom stereocenters. The lowest BCUT2D eigenvalue weighted by Crippen LogP contribution is -2.38. The highest BCUT2D eigenvalue weighted by Gasteiger charge is 2.20. The second-order valence-corrected chi connectivity index (χ2v) is 6.48. The highest BCUT2D eigenvalue weighted by Crippen LogP contribution is 2.20. The van der Waals surface area contributed by atoms with Crippen LogP contribution in [0.3, 0.4) is 0 Å². The van der Waals surface area contributed by atoms with Crippen molar-refractivity contribution in [1.82, 2.24) is 5.32 Å². The number of carbonyl (C=O) groups is 1. The van der Waals surface area contributed by atoms with E-state index in [1.165, 1.54) is 0 Å².